The summed E-state index contributed by atoms with van der Waals surface area (Å²) in [6, 6.07) is 105. The van der Waals surface area contributed by atoms with Gasteiger partial charge in [0.2, 0.25) is 0 Å². The van der Waals surface area contributed by atoms with Crippen molar-refractivity contribution in [1.82, 2.24) is 0 Å². The van der Waals surface area contributed by atoms with Crippen LogP contribution in [0.25, 0.3) is 66.8 Å². The fourth-order valence-corrected chi connectivity index (χ4v) is 15.0. The smallest absolute Gasteiger partial charge is 0.0725 e. The minimum atomic E-state index is -0.554. The third kappa shape index (κ3) is 6.74. The zero-order chi connectivity index (χ0) is 54.2. The lowest BCUT2D eigenvalue weighted by Crippen LogP contribution is -2.26. The van der Waals surface area contributed by atoms with Crippen LogP contribution in [-0.4, -0.2) is 0 Å². The Morgan fingerprint density at radius 2 is 0.494 bits per heavy atom. The molecular formula is C79H58N2. The van der Waals surface area contributed by atoms with Crippen LogP contribution in [0.2, 0.25) is 0 Å². The zero-order valence-electron chi connectivity index (χ0n) is 46.0. The molecule has 16 rings (SSSR count). The van der Waals surface area contributed by atoms with Crippen molar-refractivity contribution >= 4 is 34.1 Å². The lowest BCUT2D eigenvalue weighted by molar-refractivity contribution is 0.660. The van der Waals surface area contributed by atoms with Crippen molar-refractivity contribution < 1.29 is 0 Å². The second-order valence-corrected chi connectivity index (χ2v) is 23.5. The number of hydrogen-bond donors (Lipinski definition) is 0. The molecule has 0 atom stereocenters. The van der Waals surface area contributed by atoms with E-state index in [1.807, 2.05) is 0 Å². The van der Waals surface area contributed by atoms with Gasteiger partial charge in [-0.05, 0) is 161 Å². The van der Waals surface area contributed by atoms with Gasteiger partial charge in [0.25, 0.3) is 0 Å². The molecule has 0 fully saturated rings. The van der Waals surface area contributed by atoms with E-state index in [1.165, 1.54) is 111 Å². The Hall–Kier alpha value is -9.76. The van der Waals surface area contributed by atoms with Gasteiger partial charge >= 0.3 is 0 Å². The van der Waals surface area contributed by atoms with Gasteiger partial charge in [0.05, 0.1) is 16.8 Å². The van der Waals surface area contributed by atoms with Crippen LogP contribution in [0.4, 0.5) is 34.1 Å². The molecule has 384 valence electrons. The Kier molecular flexibility index (Phi) is 10.3. The standard InChI is InChI=1S/C79H58N2/c1-77(2)67-33-17-11-29-59(67)63-43-39-55(49-73(63)77)80(75-37-21-15-27-57(75)51-23-7-5-8-24-51)53-41-45-71-65(47-53)66-48-54(42-46-72(66)79(71)69-35-19-13-31-61(69)62-32-14-20-36-70(62)79)81(76-38-22-16-28-58(76)52-25-9-6-10-26-52)56-40-44-64-60-30-12-18-34-68(60)78(3,4)74(64)50-56/h5-50H,1-4H3. The number of rotatable bonds is 8. The molecule has 4 aliphatic carbocycles. The van der Waals surface area contributed by atoms with Crippen LogP contribution in [0, 0.1) is 0 Å². The normalized spacial score (nSPS) is 14.5. The molecule has 4 aliphatic rings. The van der Waals surface area contributed by atoms with Gasteiger partial charge < -0.3 is 9.80 Å². The van der Waals surface area contributed by atoms with Crippen LogP contribution in [0.15, 0.2) is 279 Å². The number of benzene rings is 12. The summed E-state index contributed by atoms with van der Waals surface area (Å²) in [6.45, 7) is 9.53. The summed E-state index contributed by atoms with van der Waals surface area (Å²) < 4.78 is 0. The minimum Gasteiger partial charge on any atom is -0.310 e. The first kappa shape index (κ1) is 47.3. The molecule has 0 unspecified atom stereocenters. The molecule has 0 saturated carbocycles. The summed E-state index contributed by atoms with van der Waals surface area (Å²) in [5.41, 5.74) is 31.5. The Morgan fingerprint density at radius 1 is 0.210 bits per heavy atom. The summed E-state index contributed by atoms with van der Waals surface area (Å²) in [6.07, 6.45) is 0. The second kappa shape index (κ2) is 17.6. The molecule has 0 bridgehead atoms. The predicted molar refractivity (Wildman–Crippen MR) is 338 cm³/mol. The molecule has 0 radical (unpaired) electrons. The number of anilines is 6. The first-order chi connectivity index (χ1) is 39.7. The van der Waals surface area contributed by atoms with E-state index in [2.05, 4.69) is 317 Å². The third-order valence-electron chi connectivity index (χ3n) is 18.7. The van der Waals surface area contributed by atoms with Gasteiger partial charge in [0, 0.05) is 44.7 Å². The zero-order valence-corrected chi connectivity index (χ0v) is 46.0. The summed E-state index contributed by atoms with van der Waals surface area (Å²) in [5, 5.41) is 0. The molecule has 0 aliphatic heterocycles. The van der Waals surface area contributed by atoms with Crippen LogP contribution < -0.4 is 9.80 Å². The van der Waals surface area contributed by atoms with E-state index >= 15 is 0 Å². The van der Waals surface area contributed by atoms with Crippen molar-refractivity contribution in [3.05, 3.63) is 324 Å². The average molecular weight is 1040 g/mol. The average Bonchev–Trinajstić information content (AvgIpc) is 3.85. The number of hydrogen-bond acceptors (Lipinski definition) is 2. The van der Waals surface area contributed by atoms with Crippen LogP contribution in [-0.2, 0) is 16.2 Å². The highest BCUT2D eigenvalue weighted by molar-refractivity contribution is 6.00. The van der Waals surface area contributed by atoms with Crippen LogP contribution >= 0.6 is 0 Å². The molecule has 81 heavy (non-hydrogen) atoms. The molecule has 0 amide bonds. The number of nitrogens with zero attached hydrogens (tertiary/aromatic N) is 2. The third-order valence-corrected chi connectivity index (χ3v) is 18.7. The van der Waals surface area contributed by atoms with E-state index in [4.69, 9.17) is 0 Å². The van der Waals surface area contributed by atoms with E-state index in [-0.39, 0.29) is 10.8 Å². The summed E-state index contributed by atoms with van der Waals surface area (Å²) in [7, 11) is 0. The lowest BCUT2D eigenvalue weighted by Gasteiger charge is -2.32. The summed E-state index contributed by atoms with van der Waals surface area (Å²) in [5.74, 6) is 0. The van der Waals surface area contributed by atoms with E-state index in [0.29, 0.717) is 0 Å². The maximum Gasteiger partial charge on any atom is 0.0725 e. The van der Waals surface area contributed by atoms with Crippen LogP contribution in [0.3, 0.4) is 0 Å². The van der Waals surface area contributed by atoms with Crippen molar-refractivity contribution in [2.45, 2.75) is 43.9 Å². The molecule has 12 aromatic carbocycles. The predicted octanol–water partition coefficient (Wildman–Crippen LogP) is 20.9. The minimum absolute atomic E-state index is 0.182. The van der Waals surface area contributed by atoms with Crippen LogP contribution in [0.1, 0.15) is 72.2 Å². The number of para-hydroxylation sites is 2. The highest BCUT2D eigenvalue weighted by Crippen LogP contribution is 2.64. The Bertz CT molecular complexity index is 4250. The Labute approximate surface area is 475 Å². The molecule has 0 aromatic heterocycles. The molecule has 1 spiro atoms. The van der Waals surface area contributed by atoms with Gasteiger partial charge in [0.1, 0.15) is 0 Å². The maximum absolute atomic E-state index is 2.53. The van der Waals surface area contributed by atoms with Gasteiger partial charge in [-0.3, -0.25) is 0 Å². The van der Waals surface area contributed by atoms with Crippen molar-refractivity contribution in [2.24, 2.45) is 0 Å². The molecule has 2 heteroatoms. The maximum atomic E-state index is 2.53. The SMILES string of the molecule is CC1(C)c2ccccc2-c2ccc(N(c3ccc4c(c3)-c3cc(N(c5ccc6c(c5)C(C)(C)c5ccccc5-6)c5ccccc5-c5ccccc5)ccc3C43c4ccccc4-c4ccccc43)c3ccccc3-c3ccccc3)cc21. The summed E-state index contributed by atoms with van der Waals surface area (Å²) >= 11 is 0. The largest absolute Gasteiger partial charge is 0.310 e. The first-order valence-electron chi connectivity index (χ1n) is 28.6. The molecular weight excluding hydrogens is 977 g/mol. The topological polar surface area (TPSA) is 6.48 Å². The van der Waals surface area contributed by atoms with Crippen molar-refractivity contribution in [1.29, 1.82) is 0 Å². The monoisotopic (exact) mass is 1030 g/mol. The van der Waals surface area contributed by atoms with Crippen molar-refractivity contribution in [2.75, 3.05) is 9.80 Å². The van der Waals surface area contributed by atoms with E-state index in [1.54, 1.807) is 0 Å². The lowest BCUT2D eigenvalue weighted by atomic mass is 9.70. The Morgan fingerprint density at radius 3 is 0.901 bits per heavy atom. The van der Waals surface area contributed by atoms with Crippen molar-refractivity contribution in [3.8, 4) is 66.8 Å². The van der Waals surface area contributed by atoms with Gasteiger partial charge in [-0.2, -0.15) is 0 Å². The van der Waals surface area contributed by atoms with Gasteiger partial charge in [-0.1, -0.05) is 246 Å². The van der Waals surface area contributed by atoms with E-state index in [0.717, 1.165) is 34.1 Å². The van der Waals surface area contributed by atoms with Gasteiger partial charge in [0.15, 0.2) is 0 Å². The molecule has 12 aromatic rings. The highest BCUT2D eigenvalue weighted by Gasteiger charge is 2.52. The fourth-order valence-electron chi connectivity index (χ4n) is 15.0. The van der Waals surface area contributed by atoms with Gasteiger partial charge in [-0.25, -0.2) is 0 Å². The fraction of sp³-hybridized carbons (Fsp3) is 0.0886. The van der Waals surface area contributed by atoms with E-state index in [9.17, 15) is 0 Å². The Balaban J connectivity index is 0.961. The quantitative estimate of drug-likeness (QED) is 0.150. The number of fused-ring (bicyclic) bond motifs is 16. The molecule has 0 heterocycles. The van der Waals surface area contributed by atoms with Crippen LogP contribution in [0.5, 0.6) is 0 Å². The van der Waals surface area contributed by atoms with Gasteiger partial charge in [-0.15, -0.1) is 0 Å². The first-order valence-corrected chi connectivity index (χ1v) is 28.6. The molecule has 0 N–H and O–H groups in total. The molecule has 2 nitrogen and oxygen atoms in total. The van der Waals surface area contributed by atoms with E-state index < -0.39 is 5.41 Å². The van der Waals surface area contributed by atoms with Crippen molar-refractivity contribution in [3.63, 3.8) is 0 Å². The second-order valence-electron chi connectivity index (χ2n) is 23.5. The highest BCUT2D eigenvalue weighted by atomic mass is 15.2. The summed E-state index contributed by atoms with van der Waals surface area (Å²) in [4.78, 5) is 5.06. The molecule has 0 saturated heterocycles.